The molecule has 0 amide bonds. The van der Waals surface area contributed by atoms with Gasteiger partial charge in [-0.3, -0.25) is 0 Å². The van der Waals surface area contributed by atoms with Gasteiger partial charge in [-0.1, -0.05) is 6.07 Å². The summed E-state index contributed by atoms with van der Waals surface area (Å²) in [6.07, 6.45) is -1.39. The number of hydrogen-bond donors (Lipinski definition) is 2. The van der Waals surface area contributed by atoms with Gasteiger partial charge in [-0.15, -0.1) is 0 Å². The molecule has 1 rings (SSSR count). The average molecular weight is 178 g/mol. The summed E-state index contributed by atoms with van der Waals surface area (Å²) in [4.78, 5) is 9.98. The molecule has 0 saturated carbocycles. The summed E-state index contributed by atoms with van der Waals surface area (Å²) in [5, 5.41) is 17.0. The molecule has 60 valence electrons. The van der Waals surface area contributed by atoms with Crippen LogP contribution in [0.25, 0.3) is 0 Å². The zero-order valence-electron chi connectivity index (χ0n) is 7.52. The van der Waals surface area contributed by atoms with Crippen molar-refractivity contribution < 1.29 is 50.7 Å². The second-order valence-corrected chi connectivity index (χ2v) is 1.87. The van der Waals surface area contributed by atoms with E-state index in [1.165, 1.54) is 24.3 Å². The van der Waals surface area contributed by atoms with Crippen molar-refractivity contribution >= 4 is 6.16 Å². The van der Waals surface area contributed by atoms with Crippen LogP contribution < -0.4 is 34.3 Å². The van der Waals surface area contributed by atoms with Crippen LogP contribution in [0.3, 0.4) is 0 Å². The molecule has 0 fully saturated rings. The average Bonchev–Trinajstić information content (AvgIpc) is 1.85. The molecular weight excluding hydrogens is 171 g/mol. The van der Waals surface area contributed by atoms with Gasteiger partial charge in [-0.05, 0) is 12.1 Å². The van der Waals surface area contributed by atoms with Crippen LogP contribution in [0, 0.1) is 0 Å². The van der Waals surface area contributed by atoms with E-state index in [0.29, 0.717) is 0 Å². The molecule has 4 nitrogen and oxygen atoms in total. The topological polar surface area (TPSA) is 66.8 Å². The molecule has 0 aliphatic carbocycles. The second kappa shape index (κ2) is 5.03. The minimum Gasteiger partial charge on any atom is -1.00 e. The van der Waals surface area contributed by atoms with E-state index in [-0.39, 0.29) is 42.5 Å². The summed E-state index contributed by atoms with van der Waals surface area (Å²) in [5.41, 5.74) is 0. The summed E-state index contributed by atoms with van der Waals surface area (Å²) < 4.78 is 4.25. The predicted octanol–water partition coefficient (Wildman–Crippen LogP) is -1.43. The Morgan fingerprint density at radius 3 is 2.67 bits per heavy atom. The quantitative estimate of drug-likeness (QED) is 0.314. The van der Waals surface area contributed by atoms with Crippen molar-refractivity contribution in [3.8, 4) is 11.5 Å². The molecule has 2 N–H and O–H groups in total. The zero-order valence-corrected chi connectivity index (χ0v) is 8.52. The Morgan fingerprint density at radius 2 is 2.17 bits per heavy atom. The van der Waals surface area contributed by atoms with E-state index in [1.807, 2.05) is 0 Å². The number of phenols is 1. The van der Waals surface area contributed by atoms with E-state index in [2.05, 4.69) is 4.74 Å². The van der Waals surface area contributed by atoms with Gasteiger partial charge in [0.15, 0.2) is 0 Å². The fraction of sp³-hybridized carbons (Fsp3) is 0. The predicted molar refractivity (Wildman–Crippen MR) is 37.9 cm³/mol. The van der Waals surface area contributed by atoms with Crippen LogP contribution in [0.2, 0.25) is 0 Å². The maximum absolute atomic E-state index is 9.98. The molecule has 0 aromatic heterocycles. The van der Waals surface area contributed by atoms with Crippen LogP contribution >= 0.6 is 0 Å². The summed E-state index contributed by atoms with van der Waals surface area (Å²) >= 11 is 0. The molecule has 0 unspecified atom stereocenters. The van der Waals surface area contributed by atoms with Gasteiger partial charge in [0.2, 0.25) is 0 Å². The molecule has 0 bridgehead atoms. The van der Waals surface area contributed by atoms with Crippen molar-refractivity contribution in [3.05, 3.63) is 24.3 Å². The number of ether oxygens (including phenoxy) is 1. The van der Waals surface area contributed by atoms with Gasteiger partial charge < -0.3 is 16.4 Å². The molecule has 0 saturated heterocycles. The molecule has 0 heterocycles. The SMILES string of the molecule is O=C(O)Oc1cccc(O)c1.[H-].[Na+]. The van der Waals surface area contributed by atoms with Crippen molar-refractivity contribution in [2.24, 2.45) is 0 Å². The number of hydrogen-bond acceptors (Lipinski definition) is 3. The van der Waals surface area contributed by atoms with Crippen molar-refractivity contribution in [1.82, 2.24) is 0 Å². The number of carboxylic acid groups (broad SMARTS) is 1. The monoisotopic (exact) mass is 178 g/mol. The summed E-state index contributed by atoms with van der Waals surface area (Å²) in [5.74, 6) is 0.0845. The molecular formula is C7H7NaO4. The standard InChI is InChI=1S/C7H6O4.Na.H/c8-5-2-1-3-6(4-5)11-7(9)10;;/h1-4,8H,(H,9,10);;/q;+1;-1. The summed E-state index contributed by atoms with van der Waals surface area (Å²) in [6, 6.07) is 5.57. The molecule has 0 spiro atoms. The summed E-state index contributed by atoms with van der Waals surface area (Å²) in [6.45, 7) is 0. The number of carbonyl (C=O) groups is 1. The normalized spacial score (nSPS) is 8.33. The molecule has 5 heteroatoms. The molecule has 0 aliphatic rings. The van der Waals surface area contributed by atoms with Crippen molar-refractivity contribution in [3.63, 3.8) is 0 Å². The largest absolute Gasteiger partial charge is 1.00 e. The minimum absolute atomic E-state index is 0. The second-order valence-electron chi connectivity index (χ2n) is 1.87. The van der Waals surface area contributed by atoms with E-state index in [1.54, 1.807) is 0 Å². The van der Waals surface area contributed by atoms with Crippen LogP contribution in [0.15, 0.2) is 24.3 Å². The van der Waals surface area contributed by atoms with E-state index < -0.39 is 6.16 Å². The van der Waals surface area contributed by atoms with Crippen LogP contribution in [0.5, 0.6) is 11.5 Å². The van der Waals surface area contributed by atoms with Gasteiger partial charge in [-0.25, -0.2) is 4.79 Å². The Balaban J connectivity index is 0. The third-order valence-corrected chi connectivity index (χ3v) is 1.02. The zero-order chi connectivity index (χ0) is 8.27. The Labute approximate surface area is 92.6 Å². The van der Waals surface area contributed by atoms with Gasteiger partial charge >= 0.3 is 35.7 Å². The minimum atomic E-state index is -1.39. The number of rotatable bonds is 1. The summed E-state index contributed by atoms with van der Waals surface area (Å²) in [7, 11) is 0. The van der Waals surface area contributed by atoms with Crippen molar-refractivity contribution in [2.45, 2.75) is 0 Å². The van der Waals surface area contributed by atoms with Gasteiger partial charge in [0.1, 0.15) is 11.5 Å². The van der Waals surface area contributed by atoms with Gasteiger partial charge in [0, 0.05) is 6.07 Å². The van der Waals surface area contributed by atoms with Crippen molar-refractivity contribution in [1.29, 1.82) is 0 Å². The Kier molecular flexibility index (Phi) is 4.73. The smallest absolute Gasteiger partial charge is 1.00 e. The molecule has 0 radical (unpaired) electrons. The van der Waals surface area contributed by atoms with Crippen LogP contribution in [0.4, 0.5) is 4.79 Å². The van der Waals surface area contributed by atoms with Crippen LogP contribution in [0.1, 0.15) is 1.43 Å². The van der Waals surface area contributed by atoms with Crippen molar-refractivity contribution in [2.75, 3.05) is 0 Å². The van der Waals surface area contributed by atoms with Gasteiger partial charge in [0.05, 0.1) is 0 Å². The molecule has 0 atom stereocenters. The maximum atomic E-state index is 9.98. The van der Waals surface area contributed by atoms with E-state index in [9.17, 15) is 4.79 Å². The van der Waals surface area contributed by atoms with Gasteiger partial charge in [0.25, 0.3) is 0 Å². The molecule has 1 aromatic rings. The Bertz CT molecular complexity index is 279. The van der Waals surface area contributed by atoms with E-state index in [0.717, 1.165) is 0 Å². The van der Waals surface area contributed by atoms with Crippen LogP contribution in [-0.4, -0.2) is 16.4 Å². The first-order valence-electron chi connectivity index (χ1n) is 2.88. The third-order valence-electron chi connectivity index (χ3n) is 1.02. The maximum Gasteiger partial charge on any atom is 1.00 e. The van der Waals surface area contributed by atoms with E-state index >= 15 is 0 Å². The Hall–Kier alpha value is -0.710. The number of benzene rings is 1. The third kappa shape index (κ3) is 3.61. The van der Waals surface area contributed by atoms with E-state index in [4.69, 9.17) is 10.2 Å². The van der Waals surface area contributed by atoms with Gasteiger partial charge in [-0.2, -0.15) is 0 Å². The molecule has 0 aliphatic heterocycles. The first-order chi connectivity index (χ1) is 5.18. The molecule has 12 heavy (non-hydrogen) atoms. The van der Waals surface area contributed by atoms with Crippen LogP contribution in [-0.2, 0) is 0 Å². The molecule has 1 aromatic carbocycles. The first-order valence-corrected chi connectivity index (χ1v) is 2.88. The fourth-order valence-electron chi connectivity index (χ4n) is 0.648. The first kappa shape index (κ1) is 11.3. The Morgan fingerprint density at radius 1 is 1.50 bits per heavy atom. The number of phenolic OH excluding ortho intramolecular Hbond substituents is 1. The number of aromatic hydroxyl groups is 1. The fourth-order valence-corrected chi connectivity index (χ4v) is 0.648.